The quantitative estimate of drug-likeness (QED) is 0.871. The number of anilines is 1. The Balaban J connectivity index is 2.01. The van der Waals surface area contributed by atoms with Crippen LogP contribution in [0.15, 0.2) is 29.2 Å². The summed E-state index contributed by atoms with van der Waals surface area (Å²) in [6.07, 6.45) is -2.95. The highest BCUT2D eigenvalue weighted by molar-refractivity contribution is 5.63. The molecule has 0 unspecified atom stereocenters. The van der Waals surface area contributed by atoms with Crippen molar-refractivity contribution in [3.63, 3.8) is 0 Å². The predicted molar refractivity (Wildman–Crippen MR) is 80.5 cm³/mol. The molecule has 1 saturated heterocycles. The van der Waals surface area contributed by atoms with Crippen molar-refractivity contribution in [2.75, 3.05) is 18.0 Å². The third kappa shape index (κ3) is 3.40. The van der Waals surface area contributed by atoms with Gasteiger partial charge in [-0.05, 0) is 25.0 Å². The summed E-state index contributed by atoms with van der Waals surface area (Å²) in [7, 11) is 0. The summed E-state index contributed by atoms with van der Waals surface area (Å²) in [5, 5.41) is 15.4. The monoisotopic (exact) mass is 340 g/mol. The predicted octanol–water partition coefficient (Wildman–Crippen LogP) is 1.81. The number of aromatic nitrogens is 3. The van der Waals surface area contributed by atoms with Gasteiger partial charge in [0.25, 0.3) is 5.56 Å². The van der Waals surface area contributed by atoms with Crippen LogP contribution in [0.1, 0.15) is 18.4 Å². The molecule has 1 aliphatic rings. The van der Waals surface area contributed by atoms with E-state index in [0.717, 1.165) is 6.07 Å². The van der Waals surface area contributed by atoms with Crippen LogP contribution in [0.2, 0.25) is 0 Å². The summed E-state index contributed by atoms with van der Waals surface area (Å²) >= 11 is 0. The van der Waals surface area contributed by atoms with Crippen LogP contribution >= 0.6 is 0 Å². The number of hydrogen-bond donors (Lipinski definition) is 2. The number of aliphatic hydroxyl groups is 1. The highest BCUT2D eigenvalue weighted by Gasteiger charge is 2.37. The maximum absolute atomic E-state index is 13.4. The normalized spacial score (nSPS) is 16.4. The lowest BCUT2D eigenvalue weighted by molar-refractivity contribution is -0.137. The Bertz CT molecular complexity index is 763. The summed E-state index contributed by atoms with van der Waals surface area (Å²) < 4.78 is 40.3. The molecule has 0 saturated carbocycles. The number of halogens is 3. The third-order valence-corrected chi connectivity index (χ3v) is 3.91. The van der Waals surface area contributed by atoms with Crippen LogP contribution in [0.5, 0.6) is 0 Å². The molecule has 0 spiro atoms. The molecule has 2 aromatic rings. The first-order valence-corrected chi connectivity index (χ1v) is 7.41. The first kappa shape index (κ1) is 16.4. The van der Waals surface area contributed by atoms with E-state index < -0.39 is 23.4 Å². The standard InChI is InChI=1S/C15H15F3N4O2/c16-15(17,18)11-7-9(12-1-2-13(24)21-20-12)8-19-14(11)22-5-3-10(23)4-6-22/h1-2,7-8,10,23H,3-6H2,(H,21,24). The van der Waals surface area contributed by atoms with E-state index in [9.17, 15) is 23.1 Å². The van der Waals surface area contributed by atoms with Crippen LogP contribution in [0.25, 0.3) is 11.3 Å². The number of rotatable bonds is 2. The van der Waals surface area contributed by atoms with Crippen molar-refractivity contribution in [2.24, 2.45) is 0 Å². The van der Waals surface area contributed by atoms with Crippen LogP contribution in [-0.4, -0.2) is 39.5 Å². The average molecular weight is 340 g/mol. The van der Waals surface area contributed by atoms with Gasteiger partial charge in [0.05, 0.1) is 17.4 Å². The lowest BCUT2D eigenvalue weighted by Crippen LogP contribution is -2.37. The van der Waals surface area contributed by atoms with Gasteiger partial charge in [0, 0.05) is 30.9 Å². The molecule has 0 aliphatic carbocycles. The molecule has 24 heavy (non-hydrogen) atoms. The molecule has 0 aromatic carbocycles. The van der Waals surface area contributed by atoms with Gasteiger partial charge in [0.1, 0.15) is 5.82 Å². The van der Waals surface area contributed by atoms with Crippen molar-refractivity contribution < 1.29 is 18.3 Å². The largest absolute Gasteiger partial charge is 0.419 e. The zero-order valence-corrected chi connectivity index (χ0v) is 12.5. The Morgan fingerprint density at radius 2 is 1.96 bits per heavy atom. The second-order valence-corrected chi connectivity index (χ2v) is 5.62. The number of nitrogens with zero attached hydrogens (tertiary/aromatic N) is 3. The van der Waals surface area contributed by atoms with Crippen molar-refractivity contribution in [1.29, 1.82) is 0 Å². The maximum Gasteiger partial charge on any atom is 0.419 e. The Labute approximate surface area is 135 Å². The Kier molecular flexibility index (Phi) is 4.27. The highest BCUT2D eigenvalue weighted by Crippen LogP contribution is 2.38. The number of hydrogen-bond acceptors (Lipinski definition) is 5. The Hall–Kier alpha value is -2.42. The van der Waals surface area contributed by atoms with E-state index in [1.165, 1.54) is 23.2 Å². The SMILES string of the molecule is O=c1ccc(-c2cnc(N3CCC(O)CC3)c(C(F)(F)F)c2)n[nH]1. The number of H-pyrrole nitrogens is 1. The fraction of sp³-hybridized carbons (Fsp3) is 0.400. The Morgan fingerprint density at radius 3 is 2.54 bits per heavy atom. The fourth-order valence-electron chi connectivity index (χ4n) is 2.64. The smallest absolute Gasteiger partial charge is 0.393 e. The number of pyridine rings is 1. The second kappa shape index (κ2) is 6.23. The summed E-state index contributed by atoms with van der Waals surface area (Å²) in [4.78, 5) is 16.5. The van der Waals surface area contributed by atoms with E-state index >= 15 is 0 Å². The minimum Gasteiger partial charge on any atom is -0.393 e. The van der Waals surface area contributed by atoms with Crippen LogP contribution in [0, 0.1) is 0 Å². The molecule has 3 heterocycles. The topological polar surface area (TPSA) is 82.1 Å². The number of alkyl halides is 3. The lowest BCUT2D eigenvalue weighted by Gasteiger charge is -2.32. The number of nitrogens with one attached hydrogen (secondary N) is 1. The summed E-state index contributed by atoms with van der Waals surface area (Å²) in [6.45, 7) is 0.626. The van der Waals surface area contributed by atoms with Gasteiger partial charge in [-0.3, -0.25) is 4.79 Å². The maximum atomic E-state index is 13.4. The average Bonchev–Trinajstić information content (AvgIpc) is 2.55. The fourth-order valence-corrected chi connectivity index (χ4v) is 2.64. The number of aromatic amines is 1. The molecular formula is C15H15F3N4O2. The van der Waals surface area contributed by atoms with E-state index in [-0.39, 0.29) is 17.1 Å². The molecule has 128 valence electrons. The van der Waals surface area contributed by atoms with Gasteiger partial charge in [-0.25, -0.2) is 10.1 Å². The number of aliphatic hydroxyl groups excluding tert-OH is 1. The van der Waals surface area contributed by atoms with Crippen LogP contribution in [-0.2, 0) is 6.18 Å². The molecule has 9 heteroatoms. The second-order valence-electron chi connectivity index (χ2n) is 5.62. The van der Waals surface area contributed by atoms with Crippen LogP contribution < -0.4 is 10.5 Å². The Morgan fingerprint density at radius 1 is 1.25 bits per heavy atom. The molecule has 1 fully saturated rings. The van der Waals surface area contributed by atoms with Gasteiger partial charge < -0.3 is 10.0 Å². The third-order valence-electron chi connectivity index (χ3n) is 3.91. The summed E-state index contributed by atoms with van der Waals surface area (Å²) in [6, 6.07) is 3.51. The first-order chi connectivity index (χ1) is 11.3. The van der Waals surface area contributed by atoms with Gasteiger partial charge in [0.2, 0.25) is 0 Å². The molecule has 0 bridgehead atoms. The molecule has 0 radical (unpaired) electrons. The van der Waals surface area contributed by atoms with E-state index in [4.69, 9.17) is 0 Å². The number of piperidine rings is 1. The minimum absolute atomic E-state index is 0.150. The van der Waals surface area contributed by atoms with Crippen molar-refractivity contribution >= 4 is 5.82 Å². The minimum atomic E-state index is -4.57. The molecule has 2 aromatic heterocycles. The highest BCUT2D eigenvalue weighted by atomic mass is 19.4. The molecule has 0 amide bonds. The van der Waals surface area contributed by atoms with Gasteiger partial charge >= 0.3 is 6.18 Å². The molecule has 0 atom stereocenters. The summed E-state index contributed by atoms with van der Waals surface area (Å²) in [5.41, 5.74) is -0.928. The van der Waals surface area contributed by atoms with E-state index in [1.54, 1.807) is 0 Å². The zero-order chi connectivity index (χ0) is 17.3. The van der Waals surface area contributed by atoms with Crippen molar-refractivity contribution in [1.82, 2.24) is 15.2 Å². The van der Waals surface area contributed by atoms with Gasteiger partial charge in [-0.2, -0.15) is 18.3 Å². The molecule has 6 nitrogen and oxygen atoms in total. The van der Waals surface area contributed by atoms with Crippen molar-refractivity contribution in [3.05, 3.63) is 40.3 Å². The molecule has 1 aliphatic heterocycles. The van der Waals surface area contributed by atoms with E-state index in [0.29, 0.717) is 25.9 Å². The lowest BCUT2D eigenvalue weighted by atomic mass is 10.1. The molecule has 2 N–H and O–H groups in total. The van der Waals surface area contributed by atoms with Crippen LogP contribution in [0.3, 0.4) is 0 Å². The van der Waals surface area contributed by atoms with Crippen molar-refractivity contribution in [3.8, 4) is 11.3 Å². The summed E-state index contributed by atoms with van der Waals surface area (Å²) in [5.74, 6) is -0.150. The van der Waals surface area contributed by atoms with Crippen molar-refractivity contribution in [2.45, 2.75) is 25.1 Å². The van der Waals surface area contributed by atoms with Gasteiger partial charge in [-0.15, -0.1) is 0 Å². The van der Waals surface area contributed by atoms with Gasteiger partial charge in [0.15, 0.2) is 0 Å². The van der Waals surface area contributed by atoms with E-state index in [2.05, 4.69) is 15.2 Å². The first-order valence-electron chi connectivity index (χ1n) is 7.41. The van der Waals surface area contributed by atoms with Crippen LogP contribution in [0.4, 0.5) is 19.0 Å². The molecular weight excluding hydrogens is 325 g/mol. The van der Waals surface area contributed by atoms with E-state index in [1.807, 2.05) is 0 Å². The van der Waals surface area contributed by atoms with Gasteiger partial charge in [-0.1, -0.05) is 0 Å². The zero-order valence-electron chi connectivity index (χ0n) is 12.5. The molecule has 3 rings (SSSR count).